The highest BCUT2D eigenvalue weighted by atomic mass is 16.2. The van der Waals surface area contributed by atoms with Crippen LogP contribution in [0.3, 0.4) is 0 Å². The molecule has 5 nitrogen and oxygen atoms in total. The highest BCUT2D eigenvalue weighted by Gasteiger charge is 2.15. The van der Waals surface area contributed by atoms with Crippen LogP contribution in [0.15, 0.2) is 0 Å². The molecule has 3 N–H and O–H groups in total. The van der Waals surface area contributed by atoms with E-state index in [1.165, 1.54) is 13.8 Å². The van der Waals surface area contributed by atoms with Crippen LogP contribution in [0.1, 0.15) is 46.5 Å². The first-order valence-electron chi connectivity index (χ1n) is 5.91. The van der Waals surface area contributed by atoms with Crippen LogP contribution in [0.2, 0.25) is 0 Å². The van der Waals surface area contributed by atoms with E-state index in [-0.39, 0.29) is 23.5 Å². The van der Waals surface area contributed by atoms with Crippen LogP contribution in [0.4, 0.5) is 0 Å². The van der Waals surface area contributed by atoms with Crippen LogP contribution in [-0.4, -0.2) is 23.6 Å². The Morgan fingerprint density at radius 1 is 1.12 bits per heavy atom. The average Bonchev–Trinajstić information content (AvgIpc) is 2.21. The van der Waals surface area contributed by atoms with E-state index in [1.807, 2.05) is 0 Å². The molecule has 0 bridgehead atoms. The summed E-state index contributed by atoms with van der Waals surface area (Å²) in [5, 5.41) is 2.61. The van der Waals surface area contributed by atoms with Gasteiger partial charge in [-0.2, -0.15) is 0 Å². The summed E-state index contributed by atoms with van der Waals surface area (Å²) in [6, 6.07) is -0.406. The molecule has 0 aliphatic rings. The maximum absolute atomic E-state index is 11.2. The zero-order valence-electron chi connectivity index (χ0n) is 10.8. The smallest absolute Gasteiger partial charge is 0.220 e. The lowest BCUT2D eigenvalue weighted by molar-refractivity contribution is -0.125. The Bertz CT molecular complexity index is 289. The van der Waals surface area contributed by atoms with E-state index < -0.39 is 6.04 Å². The van der Waals surface area contributed by atoms with Gasteiger partial charge in [0.15, 0.2) is 5.78 Å². The Balaban J connectivity index is 3.87. The maximum atomic E-state index is 11.2. The van der Waals surface area contributed by atoms with Crippen molar-refractivity contribution in [2.24, 2.45) is 11.7 Å². The van der Waals surface area contributed by atoms with Crippen LogP contribution < -0.4 is 11.1 Å². The Labute approximate surface area is 102 Å². The predicted octanol–water partition coefficient (Wildman–Crippen LogP) is 0.762. The number of amides is 2. The van der Waals surface area contributed by atoms with E-state index in [9.17, 15) is 14.4 Å². The Kier molecular flexibility index (Phi) is 7.18. The van der Waals surface area contributed by atoms with E-state index in [0.717, 1.165) is 19.3 Å². The molecule has 0 saturated heterocycles. The fourth-order valence-electron chi connectivity index (χ4n) is 1.56. The van der Waals surface area contributed by atoms with Crippen molar-refractivity contribution in [2.45, 2.75) is 52.5 Å². The molecule has 0 spiro atoms. The molecular weight excluding hydrogens is 220 g/mol. The molecule has 0 aromatic carbocycles. The third-order valence-electron chi connectivity index (χ3n) is 2.73. The summed E-state index contributed by atoms with van der Waals surface area (Å²) in [6.07, 6.45) is 2.95. The second kappa shape index (κ2) is 7.81. The summed E-state index contributed by atoms with van der Waals surface area (Å²) in [5.74, 6) is -0.666. The molecule has 0 rings (SSSR count). The lowest BCUT2D eigenvalue weighted by atomic mass is 10.00. The number of Topliss-reactive ketones (excluding diaryl/α,β-unsaturated/α-hetero) is 1. The van der Waals surface area contributed by atoms with Gasteiger partial charge in [0.25, 0.3) is 0 Å². The predicted molar refractivity (Wildman–Crippen MR) is 65.1 cm³/mol. The molecule has 0 fully saturated rings. The summed E-state index contributed by atoms with van der Waals surface area (Å²) in [5.41, 5.74) is 5.14. The van der Waals surface area contributed by atoms with Crippen molar-refractivity contribution in [1.29, 1.82) is 0 Å². The van der Waals surface area contributed by atoms with E-state index in [0.29, 0.717) is 6.42 Å². The number of rotatable bonds is 8. The number of primary amides is 1. The third-order valence-corrected chi connectivity index (χ3v) is 2.73. The minimum absolute atomic E-state index is 0.0388. The standard InChI is InChI=1S/C12H22N2O3/c1-8(12(13)17)6-4-5-7-11(9(2)15)14-10(3)16/h8,11H,4-7H2,1-3H3,(H2,13,17)(H,14,16). The summed E-state index contributed by atoms with van der Waals surface area (Å²) in [6.45, 7) is 4.65. The number of nitrogens with two attached hydrogens (primary N) is 1. The molecule has 0 aromatic heterocycles. The molecule has 0 saturated carbocycles. The Morgan fingerprint density at radius 3 is 2.06 bits per heavy atom. The maximum Gasteiger partial charge on any atom is 0.220 e. The van der Waals surface area contributed by atoms with Crippen molar-refractivity contribution in [3.8, 4) is 0 Å². The van der Waals surface area contributed by atoms with Gasteiger partial charge in [0.1, 0.15) is 0 Å². The molecule has 0 radical (unpaired) electrons. The van der Waals surface area contributed by atoms with E-state index in [4.69, 9.17) is 5.73 Å². The third kappa shape index (κ3) is 7.49. The van der Waals surface area contributed by atoms with Crippen LogP contribution in [0.25, 0.3) is 0 Å². The lowest BCUT2D eigenvalue weighted by Gasteiger charge is -2.14. The molecule has 0 heterocycles. The fraction of sp³-hybridized carbons (Fsp3) is 0.750. The van der Waals surface area contributed by atoms with Gasteiger partial charge >= 0.3 is 0 Å². The molecule has 2 atom stereocenters. The summed E-state index contributed by atoms with van der Waals surface area (Å²) in [4.78, 5) is 32.9. The number of hydrogen-bond donors (Lipinski definition) is 2. The van der Waals surface area contributed by atoms with Gasteiger partial charge in [0.05, 0.1) is 6.04 Å². The monoisotopic (exact) mass is 242 g/mol. The van der Waals surface area contributed by atoms with Gasteiger partial charge in [-0.05, 0) is 19.8 Å². The molecule has 0 aliphatic heterocycles. The molecule has 0 aliphatic carbocycles. The minimum atomic E-state index is -0.406. The number of unbranched alkanes of at least 4 members (excludes halogenated alkanes) is 1. The zero-order valence-corrected chi connectivity index (χ0v) is 10.8. The van der Waals surface area contributed by atoms with Gasteiger partial charge in [-0.25, -0.2) is 0 Å². The highest BCUT2D eigenvalue weighted by Crippen LogP contribution is 2.10. The summed E-state index contributed by atoms with van der Waals surface area (Å²) in [7, 11) is 0. The molecule has 2 amide bonds. The van der Waals surface area contributed by atoms with Crippen molar-refractivity contribution in [1.82, 2.24) is 5.32 Å². The average molecular weight is 242 g/mol. The molecule has 98 valence electrons. The normalized spacial score (nSPS) is 13.8. The van der Waals surface area contributed by atoms with E-state index >= 15 is 0 Å². The Morgan fingerprint density at radius 2 is 1.65 bits per heavy atom. The van der Waals surface area contributed by atoms with Crippen molar-refractivity contribution < 1.29 is 14.4 Å². The first-order valence-corrected chi connectivity index (χ1v) is 5.91. The van der Waals surface area contributed by atoms with Gasteiger partial charge in [-0.15, -0.1) is 0 Å². The topological polar surface area (TPSA) is 89.3 Å². The number of hydrogen-bond acceptors (Lipinski definition) is 3. The fourth-order valence-corrected chi connectivity index (χ4v) is 1.56. The number of carbonyl (C=O) groups is 3. The lowest BCUT2D eigenvalue weighted by Crippen LogP contribution is -2.38. The largest absolute Gasteiger partial charge is 0.369 e. The molecule has 2 unspecified atom stereocenters. The van der Waals surface area contributed by atoms with Gasteiger partial charge in [0, 0.05) is 12.8 Å². The van der Waals surface area contributed by atoms with E-state index in [2.05, 4.69) is 5.32 Å². The van der Waals surface area contributed by atoms with Crippen LogP contribution in [-0.2, 0) is 14.4 Å². The molecule has 0 aromatic rings. The van der Waals surface area contributed by atoms with Gasteiger partial charge in [0.2, 0.25) is 11.8 Å². The SMILES string of the molecule is CC(=O)NC(CCCCC(C)C(N)=O)C(C)=O. The van der Waals surface area contributed by atoms with Gasteiger partial charge in [-0.3, -0.25) is 14.4 Å². The van der Waals surface area contributed by atoms with Crippen molar-refractivity contribution in [3.63, 3.8) is 0 Å². The number of carbonyl (C=O) groups excluding carboxylic acids is 3. The molecule has 5 heteroatoms. The van der Waals surface area contributed by atoms with Crippen LogP contribution >= 0.6 is 0 Å². The Hall–Kier alpha value is -1.39. The minimum Gasteiger partial charge on any atom is -0.369 e. The first kappa shape index (κ1) is 15.6. The second-order valence-corrected chi connectivity index (χ2v) is 4.45. The first-order chi connectivity index (χ1) is 7.84. The van der Waals surface area contributed by atoms with Crippen molar-refractivity contribution in [2.75, 3.05) is 0 Å². The van der Waals surface area contributed by atoms with Crippen LogP contribution in [0, 0.1) is 5.92 Å². The quantitative estimate of drug-likeness (QED) is 0.616. The van der Waals surface area contributed by atoms with Crippen molar-refractivity contribution >= 4 is 17.6 Å². The van der Waals surface area contributed by atoms with Gasteiger partial charge < -0.3 is 11.1 Å². The summed E-state index contributed by atoms with van der Waals surface area (Å²) >= 11 is 0. The number of ketones is 1. The highest BCUT2D eigenvalue weighted by molar-refractivity contribution is 5.86. The molecular formula is C12H22N2O3. The second-order valence-electron chi connectivity index (χ2n) is 4.45. The van der Waals surface area contributed by atoms with E-state index in [1.54, 1.807) is 6.92 Å². The van der Waals surface area contributed by atoms with Crippen molar-refractivity contribution in [3.05, 3.63) is 0 Å². The summed E-state index contributed by atoms with van der Waals surface area (Å²) < 4.78 is 0. The molecule has 17 heavy (non-hydrogen) atoms. The number of nitrogens with one attached hydrogen (secondary N) is 1. The van der Waals surface area contributed by atoms with Crippen LogP contribution in [0.5, 0.6) is 0 Å². The zero-order chi connectivity index (χ0) is 13.4. The van der Waals surface area contributed by atoms with Gasteiger partial charge in [-0.1, -0.05) is 19.8 Å².